The van der Waals surface area contributed by atoms with Crippen LogP contribution >= 0.6 is 0 Å². The van der Waals surface area contributed by atoms with E-state index in [4.69, 9.17) is 14.7 Å². The highest BCUT2D eigenvalue weighted by molar-refractivity contribution is 5.94. The van der Waals surface area contributed by atoms with Gasteiger partial charge in [0.2, 0.25) is 6.79 Å². The fourth-order valence-corrected chi connectivity index (χ4v) is 2.30. The number of carbonyl (C=O) groups excluding carboxylic acids is 1. The molecule has 0 saturated heterocycles. The number of nitriles is 1. The largest absolute Gasteiger partial charge is 0.454 e. The number of nitrogens with zero attached hydrogens (tertiary/aromatic N) is 1. The van der Waals surface area contributed by atoms with E-state index >= 15 is 0 Å². The minimum absolute atomic E-state index is 0.200. The Bertz CT molecular complexity index is 887. The second-order valence-corrected chi connectivity index (χ2v) is 5.25. The SMILES string of the molecule is C[C@@H](NC(=O)C#Cc1ccc2c(c1)OCO2)c1cccc(C#N)c1. The molecule has 0 unspecified atom stereocenters. The molecule has 0 radical (unpaired) electrons. The Kier molecular flexibility index (Phi) is 4.36. The summed E-state index contributed by atoms with van der Waals surface area (Å²) in [6, 6.07) is 14.2. The molecule has 1 atom stereocenters. The summed E-state index contributed by atoms with van der Waals surface area (Å²) in [5, 5.41) is 11.7. The molecule has 1 aliphatic rings. The molecule has 1 N–H and O–H groups in total. The van der Waals surface area contributed by atoms with E-state index in [1.165, 1.54) is 0 Å². The Balaban J connectivity index is 1.66. The molecule has 2 aromatic carbocycles. The predicted molar refractivity (Wildman–Crippen MR) is 87.2 cm³/mol. The molecular weight excluding hydrogens is 304 g/mol. The van der Waals surface area contributed by atoms with Crippen LogP contribution in [0.15, 0.2) is 42.5 Å². The van der Waals surface area contributed by atoms with Gasteiger partial charge >= 0.3 is 0 Å². The van der Waals surface area contributed by atoms with Gasteiger partial charge in [-0.15, -0.1) is 0 Å². The van der Waals surface area contributed by atoms with Gasteiger partial charge in [-0.05, 0) is 42.8 Å². The van der Waals surface area contributed by atoms with E-state index < -0.39 is 0 Å². The second-order valence-electron chi connectivity index (χ2n) is 5.25. The molecule has 1 aliphatic heterocycles. The summed E-state index contributed by atoms with van der Waals surface area (Å²) in [6.45, 7) is 2.04. The minimum atomic E-state index is -0.387. The number of benzene rings is 2. The van der Waals surface area contributed by atoms with Crippen molar-refractivity contribution in [1.82, 2.24) is 5.32 Å². The third kappa shape index (κ3) is 3.48. The Labute approximate surface area is 139 Å². The maximum Gasteiger partial charge on any atom is 0.296 e. The van der Waals surface area contributed by atoms with Crippen LogP contribution in [0.2, 0.25) is 0 Å². The molecule has 0 bridgehead atoms. The van der Waals surface area contributed by atoms with Crippen LogP contribution in [-0.2, 0) is 4.79 Å². The highest BCUT2D eigenvalue weighted by Gasteiger charge is 2.12. The molecule has 0 aromatic heterocycles. The van der Waals surface area contributed by atoms with Crippen LogP contribution in [0.4, 0.5) is 0 Å². The summed E-state index contributed by atoms with van der Waals surface area (Å²) in [5.74, 6) is 6.28. The topological polar surface area (TPSA) is 71.3 Å². The van der Waals surface area contributed by atoms with Gasteiger partial charge < -0.3 is 14.8 Å². The lowest BCUT2D eigenvalue weighted by molar-refractivity contribution is -0.116. The fraction of sp³-hybridized carbons (Fsp3) is 0.158. The smallest absolute Gasteiger partial charge is 0.296 e. The second kappa shape index (κ2) is 6.76. The summed E-state index contributed by atoms with van der Waals surface area (Å²) in [6.07, 6.45) is 0. The average Bonchev–Trinajstić information content (AvgIpc) is 3.07. The van der Waals surface area contributed by atoms with Gasteiger partial charge in [0.15, 0.2) is 11.5 Å². The number of hydrogen-bond donors (Lipinski definition) is 1. The van der Waals surface area contributed by atoms with E-state index in [9.17, 15) is 4.79 Å². The molecule has 1 amide bonds. The van der Waals surface area contributed by atoms with Crippen LogP contribution in [0.3, 0.4) is 0 Å². The van der Waals surface area contributed by atoms with Gasteiger partial charge in [-0.3, -0.25) is 4.79 Å². The van der Waals surface area contributed by atoms with Crippen molar-refractivity contribution in [2.24, 2.45) is 0 Å². The number of amides is 1. The maximum absolute atomic E-state index is 12.0. The standard InChI is InChI=1S/C19H14N2O3/c1-13(16-4-2-3-15(9-16)11-20)21-19(22)8-6-14-5-7-17-18(10-14)24-12-23-17/h2-5,7,9-10,13H,12H2,1H3,(H,21,22)/t13-/m1/s1. The Morgan fingerprint density at radius 1 is 1.17 bits per heavy atom. The number of hydrogen-bond acceptors (Lipinski definition) is 4. The molecule has 0 saturated carbocycles. The van der Waals surface area contributed by atoms with Gasteiger partial charge in [-0.2, -0.15) is 5.26 Å². The molecule has 0 spiro atoms. The molecule has 24 heavy (non-hydrogen) atoms. The van der Waals surface area contributed by atoms with Crippen LogP contribution in [0.1, 0.15) is 29.7 Å². The quantitative estimate of drug-likeness (QED) is 0.864. The number of nitrogens with one attached hydrogen (secondary N) is 1. The van der Waals surface area contributed by atoms with Crippen molar-refractivity contribution in [2.45, 2.75) is 13.0 Å². The zero-order valence-corrected chi connectivity index (χ0v) is 13.0. The molecule has 5 heteroatoms. The zero-order valence-electron chi connectivity index (χ0n) is 13.0. The molecule has 3 rings (SSSR count). The van der Waals surface area contributed by atoms with E-state index in [2.05, 4.69) is 23.2 Å². The lowest BCUT2D eigenvalue weighted by Gasteiger charge is -2.12. The fourth-order valence-electron chi connectivity index (χ4n) is 2.30. The molecular formula is C19H14N2O3. The van der Waals surface area contributed by atoms with Crippen molar-refractivity contribution in [3.63, 3.8) is 0 Å². The first-order chi connectivity index (χ1) is 11.7. The summed E-state index contributed by atoms with van der Waals surface area (Å²) in [7, 11) is 0. The van der Waals surface area contributed by atoms with Crippen LogP contribution < -0.4 is 14.8 Å². The summed E-state index contributed by atoms with van der Waals surface area (Å²) < 4.78 is 10.5. The van der Waals surface area contributed by atoms with Gasteiger partial charge in [-0.25, -0.2) is 0 Å². The molecule has 2 aromatic rings. The maximum atomic E-state index is 12.0. The van der Waals surface area contributed by atoms with E-state index in [-0.39, 0.29) is 18.7 Å². The third-order valence-electron chi connectivity index (χ3n) is 3.56. The first-order valence-electron chi connectivity index (χ1n) is 7.38. The minimum Gasteiger partial charge on any atom is -0.454 e. The highest BCUT2D eigenvalue weighted by atomic mass is 16.7. The van der Waals surface area contributed by atoms with Gasteiger partial charge in [0.05, 0.1) is 17.7 Å². The highest BCUT2D eigenvalue weighted by Crippen LogP contribution is 2.32. The van der Waals surface area contributed by atoms with E-state index in [0.29, 0.717) is 22.6 Å². The van der Waals surface area contributed by atoms with Crippen molar-refractivity contribution < 1.29 is 14.3 Å². The van der Waals surface area contributed by atoms with Crippen molar-refractivity contribution in [3.8, 4) is 29.4 Å². The molecule has 0 fully saturated rings. The van der Waals surface area contributed by atoms with E-state index in [1.54, 1.807) is 36.4 Å². The van der Waals surface area contributed by atoms with Crippen LogP contribution in [0, 0.1) is 23.2 Å². The summed E-state index contributed by atoms with van der Waals surface area (Å²) in [4.78, 5) is 12.0. The number of ether oxygens (including phenoxy) is 2. The molecule has 1 heterocycles. The van der Waals surface area contributed by atoms with Gasteiger partial charge in [0.1, 0.15) is 0 Å². The first-order valence-corrected chi connectivity index (χ1v) is 7.38. The monoisotopic (exact) mass is 318 g/mol. The van der Waals surface area contributed by atoms with Crippen molar-refractivity contribution >= 4 is 5.91 Å². The zero-order chi connectivity index (χ0) is 16.9. The van der Waals surface area contributed by atoms with Crippen LogP contribution in [0.25, 0.3) is 0 Å². The molecule has 0 aliphatic carbocycles. The molecule has 5 nitrogen and oxygen atoms in total. The normalized spacial score (nSPS) is 12.5. The Morgan fingerprint density at radius 2 is 2.00 bits per heavy atom. The first kappa shape index (κ1) is 15.5. The summed E-state index contributed by atoms with van der Waals surface area (Å²) >= 11 is 0. The number of rotatable bonds is 2. The summed E-state index contributed by atoms with van der Waals surface area (Å²) in [5.41, 5.74) is 2.08. The van der Waals surface area contributed by atoms with Gasteiger partial charge in [0, 0.05) is 11.5 Å². The van der Waals surface area contributed by atoms with Crippen molar-refractivity contribution in [2.75, 3.05) is 6.79 Å². The Morgan fingerprint density at radius 3 is 2.83 bits per heavy atom. The van der Waals surface area contributed by atoms with E-state index in [1.807, 2.05) is 13.0 Å². The number of fused-ring (bicyclic) bond motifs is 1. The predicted octanol–water partition coefficient (Wildman–Crippen LogP) is 2.52. The van der Waals surface area contributed by atoms with Crippen LogP contribution in [-0.4, -0.2) is 12.7 Å². The van der Waals surface area contributed by atoms with E-state index in [0.717, 1.165) is 5.56 Å². The Hall–Kier alpha value is -3.44. The van der Waals surface area contributed by atoms with Gasteiger partial charge in [-0.1, -0.05) is 18.1 Å². The van der Waals surface area contributed by atoms with Gasteiger partial charge in [0.25, 0.3) is 5.91 Å². The lowest BCUT2D eigenvalue weighted by atomic mass is 10.1. The lowest BCUT2D eigenvalue weighted by Crippen LogP contribution is -2.25. The number of carbonyl (C=O) groups is 1. The van der Waals surface area contributed by atoms with Crippen LogP contribution in [0.5, 0.6) is 11.5 Å². The van der Waals surface area contributed by atoms with Crippen molar-refractivity contribution in [3.05, 3.63) is 59.2 Å². The van der Waals surface area contributed by atoms with Crippen molar-refractivity contribution in [1.29, 1.82) is 5.26 Å². The third-order valence-corrected chi connectivity index (χ3v) is 3.56. The molecule has 118 valence electrons. The average molecular weight is 318 g/mol.